The Morgan fingerprint density at radius 3 is 2.61 bits per heavy atom. The Labute approximate surface area is 208 Å². The van der Waals surface area contributed by atoms with Gasteiger partial charge in [0.15, 0.2) is 0 Å². The molecule has 10 nitrogen and oxygen atoms in total. The molecule has 2 amide bonds. The summed E-state index contributed by atoms with van der Waals surface area (Å²) in [4.78, 5) is 32.2. The van der Waals surface area contributed by atoms with Crippen LogP contribution in [0.25, 0.3) is 22.3 Å². The number of carbonyl (C=O) groups excluding carboxylic acids is 2. The van der Waals surface area contributed by atoms with Gasteiger partial charge in [-0.3, -0.25) is 19.0 Å². The zero-order chi connectivity index (χ0) is 25.4. The maximum absolute atomic E-state index is 13.2. The first-order valence-electron chi connectivity index (χ1n) is 11.7. The van der Waals surface area contributed by atoms with E-state index in [-0.39, 0.29) is 23.7 Å². The van der Waals surface area contributed by atoms with Gasteiger partial charge in [0, 0.05) is 74.1 Å². The highest BCUT2D eigenvalue weighted by Gasteiger charge is 2.29. The first-order valence-corrected chi connectivity index (χ1v) is 11.7. The number of nitrogens with two attached hydrogens (primary N) is 1. The molecule has 1 aliphatic heterocycles. The van der Waals surface area contributed by atoms with Crippen LogP contribution in [0.5, 0.6) is 0 Å². The highest BCUT2D eigenvalue weighted by Crippen LogP contribution is 2.25. The summed E-state index contributed by atoms with van der Waals surface area (Å²) in [7, 11) is 3.70. The van der Waals surface area contributed by atoms with Crippen LogP contribution in [-0.4, -0.2) is 60.4 Å². The number of nitrogens with one attached hydrogen (secondary N) is 1. The molecule has 1 fully saturated rings. The average molecular weight is 485 g/mol. The molecule has 184 valence electrons. The van der Waals surface area contributed by atoms with Crippen LogP contribution in [-0.2, 0) is 14.1 Å². The smallest absolute Gasteiger partial charge is 0.255 e. The lowest BCUT2D eigenvalue weighted by atomic mass is 10.0. The Hall–Kier alpha value is -4.47. The van der Waals surface area contributed by atoms with E-state index in [2.05, 4.69) is 20.5 Å². The molecule has 3 N–H and O–H groups in total. The van der Waals surface area contributed by atoms with E-state index in [1.54, 1.807) is 32.7 Å². The molecule has 1 aliphatic rings. The number of nitrogens with zero attached hydrogens (tertiary/aromatic N) is 6. The van der Waals surface area contributed by atoms with Gasteiger partial charge in [-0.1, -0.05) is 12.1 Å². The number of aryl methyl sites for hydroxylation is 3. The molecular weight excluding hydrogens is 456 g/mol. The minimum atomic E-state index is -0.306. The second kappa shape index (κ2) is 9.29. The molecule has 0 bridgehead atoms. The maximum atomic E-state index is 13.2. The third kappa shape index (κ3) is 4.57. The summed E-state index contributed by atoms with van der Waals surface area (Å²) in [5.74, 6) is -0.206. The van der Waals surface area contributed by atoms with Crippen molar-refractivity contribution in [1.29, 1.82) is 0 Å². The van der Waals surface area contributed by atoms with Crippen LogP contribution in [0, 0.1) is 6.92 Å². The standard InChI is InChI=1S/C26H28N8O2/c1-16-23(15-33(3)31-16)17-5-4-6-18(9-17)26(36)34-8-7-21(14-34)30-25(35)22-10-19(11-28-24(22)27)20-12-29-32(2)13-20/h4-6,9-13,15,21H,7-8,14H2,1-3H3,(H2,27,28)(H,30,35)/t21-/m1/s1. The Morgan fingerprint density at radius 2 is 1.89 bits per heavy atom. The van der Waals surface area contributed by atoms with Gasteiger partial charge in [0.25, 0.3) is 11.8 Å². The number of anilines is 1. The molecule has 0 spiro atoms. The normalized spacial score (nSPS) is 15.3. The van der Waals surface area contributed by atoms with Gasteiger partial charge < -0.3 is 16.0 Å². The molecule has 4 heterocycles. The summed E-state index contributed by atoms with van der Waals surface area (Å²) in [6.07, 6.45) is 7.79. The number of likely N-dealkylation sites (tertiary alicyclic amines) is 1. The number of hydrogen-bond acceptors (Lipinski definition) is 6. The molecule has 0 aliphatic carbocycles. The summed E-state index contributed by atoms with van der Waals surface area (Å²) in [5.41, 5.74) is 11.4. The largest absolute Gasteiger partial charge is 0.383 e. The molecule has 36 heavy (non-hydrogen) atoms. The topological polar surface area (TPSA) is 124 Å². The molecule has 1 aromatic carbocycles. The second-order valence-electron chi connectivity index (χ2n) is 9.15. The molecule has 0 radical (unpaired) electrons. The Bertz CT molecular complexity index is 1450. The lowest BCUT2D eigenvalue weighted by molar-refractivity contribution is 0.0783. The monoisotopic (exact) mass is 484 g/mol. The van der Waals surface area contributed by atoms with Gasteiger partial charge in [-0.25, -0.2) is 4.98 Å². The lowest BCUT2D eigenvalue weighted by Crippen LogP contribution is -2.38. The van der Waals surface area contributed by atoms with Crippen molar-refractivity contribution in [3.05, 3.63) is 71.9 Å². The molecule has 0 saturated carbocycles. The van der Waals surface area contributed by atoms with Crippen molar-refractivity contribution < 1.29 is 9.59 Å². The van der Waals surface area contributed by atoms with Crippen LogP contribution < -0.4 is 11.1 Å². The number of nitrogen functional groups attached to an aromatic ring is 1. The fourth-order valence-electron chi connectivity index (χ4n) is 4.60. The van der Waals surface area contributed by atoms with E-state index in [4.69, 9.17) is 5.73 Å². The van der Waals surface area contributed by atoms with E-state index in [1.807, 2.05) is 57.7 Å². The molecule has 1 saturated heterocycles. The zero-order valence-corrected chi connectivity index (χ0v) is 20.5. The molecule has 10 heteroatoms. The number of hydrogen-bond donors (Lipinski definition) is 2. The van der Waals surface area contributed by atoms with Crippen molar-refractivity contribution in [3.63, 3.8) is 0 Å². The summed E-state index contributed by atoms with van der Waals surface area (Å²) < 4.78 is 3.45. The van der Waals surface area contributed by atoms with Crippen molar-refractivity contribution >= 4 is 17.6 Å². The van der Waals surface area contributed by atoms with Crippen LogP contribution in [0.15, 0.2) is 55.1 Å². The van der Waals surface area contributed by atoms with Crippen LogP contribution in [0.4, 0.5) is 5.82 Å². The zero-order valence-electron chi connectivity index (χ0n) is 20.5. The first-order chi connectivity index (χ1) is 17.3. The molecule has 4 aromatic rings. The predicted molar refractivity (Wildman–Crippen MR) is 136 cm³/mol. The minimum Gasteiger partial charge on any atom is -0.383 e. The summed E-state index contributed by atoms with van der Waals surface area (Å²) in [6, 6.07) is 9.13. The minimum absolute atomic E-state index is 0.0603. The third-order valence-electron chi connectivity index (χ3n) is 6.45. The van der Waals surface area contributed by atoms with E-state index in [9.17, 15) is 9.59 Å². The van der Waals surface area contributed by atoms with E-state index >= 15 is 0 Å². The van der Waals surface area contributed by atoms with Crippen molar-refractivity contribution in [2.24, 2.45) is 14.1 Å². The fourth-order valence-corrected chi connectivity index (χ4v) is 4.60. The Balaban J connectivity index is 1.26. The highest BCUT2D eigenvalue weighted by atomic mass is 16.2. The van der Waals surface area contributed by atoms with Crippen molar-refractivity contribution in [1.82, 2.24) is 34.8 Å². The Morgan fingerprint density at radius 1 is 1.06 bits per heavy atom. The van der Waals surface area contributed by atoms with E-state index < -0.39 is 0 Å². The summed E-state index contributed by atoms with van der Waals surface area (Å²) in [5, 5.41) is 11.6. The number of pyridine rings is 1. The number of benzene rings is 1. The van der Waals surface area contributed by atoms with Crippen molar-refractivity contribution in [3.8, 4) is 22.3 Å². The van der Waals surface area contributed by atoms with Crippen LogP contribution >= 0.6 is 0 Å². The quantitative estimate of drug-likeness (QED) is 0.448. The van der Waals surface area contributed by atoms with Crippen molar-refractivity contribution in [2.45, 2.75) is 19.4 Å². The van der Waals surface area contributed by atoms with E-state index in [0.29, 0.717) is 30.6 Å². The van der Waals surface area contributed by atoms with Crippen molar-refractivity contribution in [2.75, 3.05) is 18.8 Å². The van der Waals surface area contributed by atoms with Gasteiger partial charge in [-0.15, -0.1) is 0 Å². The predicted octanol–water partition coefficient (Wildman–Crippen LogP) is 2.42. The fraction of sp³-hybridized carbons (Fsp3) is 0.269. The maximum Gasteiger partial charge on any atom is 0.255 e. The van der Waals surface area contributed by atoms with Gasteiger partial charge >= 0.3 is 0 Å². The highest BCUT2D eigenvalue weighted by molar-refractivity contribution is 6.00. The first kappa shape index (κ1) is 23.3. The molecule has 1 atom stereocenters. The molecular formula is C26H28N8O2. The number of amides is 2. The van der Waals surface area contributed by atoms with E-state index in [0.717, 1.165) is 27.9 Å². The van der Waals surface area contributed by atoms with Gasteiger partial charge in [-0.2, -0.15) is 10.2 Å². The van der Waals surface area contributed by atoms with Gasteiger partial charge in [-0.05, 0) is 37.1 Å². The van der Waals surface area contributed by atoms with Crippen LogP contribution in [0.3, 0.4) is 0 Å². The number of aromatic nitrogens is 5. The van der Waals surface area contributed by atoms with Gasteiger partial charge in [0.2, 0.25) is 0 Å². The number of carbonyl (C=O) groups is 2. The van der Waals surface area contributed by atoms with Gasteiger partial charge in [0.05, 0.1) is 17.5 Å². The SMILES string of the molecule is Cc1nn(C)cc1-c1cccc(C(=O)N2CC[C@@H](NC(=O)c3cc(-c4cnn(C)c4)cnc3N)C2)c1. The summed E-state index contributed by atoms with van der Waals surface area (Å²) >= 11 is 0. The van der Waals surface area contributed by atoms with Gasteiger partial charge in [0.1, 0.15) is 5.82 Å². The Kier molecular flexibility index (Phi) is 6.01. The second-order valence-corrected chi connectivity index (χ2v) is 9.15. The van der Waals surface area contributed by atoms with Crippen LogP contribution in [0.2, 0.25) is 0 Å². The lowest BCUT2D eigenvalue weighted by Gasteiger charge is -2.18. The molecule has 3 aromatic heterocycles. The number of rotatable bonds is 5. The average Bonchev–Trinajstić information content (AvgIpc) is 3.59. The van der Waals surface area contributed by atoms with E-state index in [1.165, 1.54) is 0 Å². The molecule has 0 unspecified atom stereocenters. The van der Waals surface area contributed by atoms with Crippen LogP contribution in [0.1, 0.15) is 32.8 Å². The molecule has 5 rings (SSSR count). The summed E-state index contributed by atoms with van der Waals surface area (Å²) in [6.45, 7) is 2.94. The third-order valence-corrected chi connectivity index (χ3v) is 6.45.